The van der Waals surface area contributed by atoms with Crippen LogP contribution in [0, 0.1) is 0 Å². The Bertz CT molecular complexity index is 1540. The molecule has 6 nitrogen and oxygen atoms in total. The molecule has 0 radical (unpaired) electrons. The molecule has 6 heteroatoms. The molecule has 200 valence electrons. The average molecular weight is 521 g/mol. The lowest BCUT2D eigenvalue weighted by Crippen LogP contribution is -2.44. The summed E-state index contributed by atoms with van der Waals surface area (Å²) in [5, 5.41) is 5.78. The van der Waals surface area contributed by atoms with Crippen molar-refractivity contribution in [3.63, 3.8) is 0 Å². The van der Waals surface area contributed by atoms with Gasteiger partial charge >= 0.3 is 0 Å². The van der Waals surface area contributed by atoms with Crippen LogP contribution < -0.4 is 14.8 Å². The zero-order valence-corrected chi connectivity index (χ0v) is 22.6. The minimum atomic E-state index is 0.695. The molecule has 0 spiro atoms. The average Bonchev–Trinajstić information content (AvgIpc) is 3.34. The number of unbranched alkanes of at least 4 members (excludes halogenated alkanes) is 1. The fourth-order valence-electron chi connectivity index (χ4n) is 5.22. The van der Waals surface area contributed by atoms with Crippen molar-refractivity contribution >= 4 is 21.8 Å². The molecule has 6 rings (SSSR count). The minimum absolute atomic E-state index is 0.695. The lowest BCUT2D eigenvalue weighted by atomic mass is 10.1. The normalized spacial score (nSPS) is 14.2. The van der Waals surface area contributed by atoms with Gasteiger partial charge in [-0.25, -0.2) is 4.98 Å². The standard InChI is InChI=1S/C33H36N4O2/c1-2-3-18-37-32-24-29(38-22-21-36-19-16-34-17-20-36)14-15-31(32)35-33(37)26-9-11-28(12-10-26)39-30-13-8-25-6-4-5-7-27(25)23-30/h4-15,23-24,34H,2-3,16-22H2,1H3. The maximum absolute atomic E-state index is 6.18. The summed E-state index contributed by atoms with van der Waals surface area (Å²) in [6.07, 6.45) is 2.22. The highest BCUT2D eigenvalue weighted by Gasteiger charge is 2.15. The van der Waals surface area contributed by atoms with Crippen molar-refractivity contribution in [1.82, 2.24) is 19.8 Å². The van der Waals surface area contributed by atoms with Crippen LogP contribution in [0.2, 0.25) is 0 Å². The first-order valence-corrected chi connectivity index (χ1v) is 14.1. The van der Waals surface area contributed by atoms with Crippen LogP contribution in [0.25, 0.3) is 33.2 Å². The second kappa shape index (κ2) is 11.9. The minimum Gasteiger partial charge on any atom is -0.492 e. The summed E-state index contributed by atoms with van der Waals surface area (Å²) in [4.78, 5) is 7.48. The molecule has 5 aromatic rings. The molecule has 1 aromatic heterocycles. The number of imidazole rings is 1. The summed E-state index contributed by atoms with van der Waals surface area (Å²) in [5.41, 5.74) is 3.19. The molecule has 0 atom stereocenters. The van der Waals surface area contributed by atoms with Crippen LogP contribution in [0.15, 0.2) is 84.9 Å². The molecular formula is C33H36N4O2. The van der Waals surface area contributed by atoms with Gasteiger partial charge in [-0.05, 0) is 65.7 Å². The third kappa shape index (κ3) is 5.92. The van der Waals surface area contributed by atoms with Gasteiger partial charge in [-0.3, -0.25) is 4.90 Å². The zero-order chi connectivity index (χ0) is 26.4. The fraction of sp³-hybridized carbons (Fsp3) is 0.303. The predicted molar refractivity (Wildman–Crippen MR) is 159 cm³/mol. The van der Waals surface area contributed by atoms with Gasteiger partial charge in [0.1, 0.15) is 29.7 Å². The molecule has 1 saturated heterocycles. The first-order valence-electron chi connectivity index (χ1n) is 14.1. The van der Waals surface area contributed by atoms with Crippen LogP contribution in [0.1, 0.15) is 19.8 Å². The second-order valence-electron chi connectivity index (χ2n) is 10.2. The van der Waals surface area contributed by atoms with Crippen molar-refractivity contribution in [2.75, 3.05) is 39.3 Å². The number of benzene rings is 4. The number of fused-ring (bicyclic) bond motifs is 2. The van der Waals surface area contributed by atoms with Crippen molar-refractivity contribution in [3.8, 4) is 28.6 Å². The number of rotatable bonds is 10. The number of hydrogen-bond acceptors (Lipinski definition) is 5. The third-order valence-electron chi connectivity index (χ3n) is 7.41. The van der Waals surface area contributed by atoms with Gasteiger partial charge in [0.25, 0.3) is 0 Å². The molecule has 1 aliphatic heterocycles. The van der Waals surface area contributed by atoms with Crippen molar-refractivity contribution in [3.05, 3.63) is 84.9 Å². The van der Waals surface area contributed by atoms with Crippen LogP contribution in [0.4, 0.5) is 0 Å². The predicted octanol–water partition coefficient (Wildman–Crippen LogP) is 6.73. The number of aromatic nitrogens is 2. The van der Waals surface area contributed by atoms with E-state index in [0.717, 1.165) is 91.8 Å². The Hall–Kier alpha value is -3.87. The lowest BCUT2D eigenvalue weighted by molar-refractivity contribution is 0.191. The number of hydrogen-bond donors (Lipinski definition) is 1. The molecular weight excluding hydrogens is 484 g/mol. The quantitative estimate of drug-likeness (QED) is 0.221. The number of aryl methyl sites for hydroxylation is 1. The van der Waals surface area contributed by atoms with Gasteiger partial charge in [0.05, 0.1) is 11.0 Å². The summed E-state index contributed by atoms with van der Waals surface area (Å²) in [5.74, 6) is 3.53. The van der Waals surface area contributed by atoms with Crippen molar-refractivity contribution < 1.29 is 9.47 Å². The number of ether oxygens (including phenoxy) is 2. The van der Waals surface area contributed by atoms with E-state index in [9.17, 15) is 0 Å². The van der Waals surface area contributed by atoms with Crippen LogP contribution >= 0.6 is 0 Å². The van der Waals surface area contributed by atoms with Gasteiger partial charge in [-0.2, -0.15) is 0 Å². The smallest absolute Gasteiger partial charge is 0.141 e. The molecule has 0 bridgehead atoms. The summed E-state index contributed by atoms with van der Waals surface area (Å²) in [6, 6.07) is 29.0. The number of nitrogens with one attached hydrogen (secondary N) is 1. The Balaban J connectivity index is 1.21. The van der Waals surface area contributed by atoms with E-state index in [2.05, 4.69) is 76.3 Å². The molecule has 1 fully saturated rings. The summed E-state index contributed by atoms with van der Waals surface area (Å²) in [6.45, 7) is 9.07. The highest BCUT2D eigenvalue weighted by molar-refractivity contribution is 5.84. The van der Waals surface area contributed by atoms with Gasteiger partial charge in [0, 0.05) is 50.9 Å². The maximum Gasteiger partial charge on any atom is 0.141 e. The molecule has 1 N–H and O–H groups in total. The van der Waals surface area contributed by atoms with E-state index in [-0.39, 0.29) is 0 Å². The van der Waals surface area contributed by atoms with Crippen LogP contribution in [0.5, 0.6) is 17.2 Å². The second-order valence-corrected chi connectivity index (χ2v) is 10.2. The maximum atomic E-state index is 6.18. The Morgan fingerprint density at radius 3 is 2.38 bits per heavy atom. The monoisotopic (exact) mass is 520 g/mol. The van der Waals surface area contributed by atoms with Crippen LogP contribution in [-0.4, -0.2) is 53.8 Å². The summed E-state index contributed by atoms with van der Waals surface area (Å²) in [7, 11) is 0. The Morgan fingerprint density at radius 1 is 0.795 bits per heavy atom. The van der Waals surface area contributed by atoms with Crippen molar-refractivity contribution in [2.24, 2.45) is 0 Å². The van der Waals surface area contributed by atoms with E-state index in [0.29, 0.717) is 6.61 Å². The number of nitrogens with zero attached hydrogens (tertiary/aromatic N) is 3. The van der Waals surface area contributed by atoms with E-state index in [1.807, 2.05) is 30.3 Å². The molecule has 39 heavy (non-hydrogen) atoms. The van der Waals surface area contributed by atoms with Crippen LogP contribution in [0.3, 0.4) is 0 Å². The van der Waals surface area contributed by atoms with E-state index in [1.165, 1.54) is 10.8 Å². The topological polar surface area (TPSA) is 51.6 Å². The molecule has 1 aliphatic rings. The molecule has 0 aliphatic carbocycles. The summed E-state index contributed by atoms with van der Waals surface area (Å²) < 4.78 is 14.7. The third-order valence-corrected chi connectivity index (χ3v) is 7.41. The van der Waals surface area contributed by atoms with E-state index in [4.69, 9.17) is 14.5 Å². The molecule has 0 amide bonds. The van der Waals surface area contributed by atoms with E-state index in [1.54, 1.807) is 0 Å². The molecule has 0 saturated carbocycles. The Morgan fingerprint density at radius 2 is 1.56 bits per heavy atom. The summed E-state index contributed by atoms with van der Waals surface area (Å²) >= 11 is 0. The molecule has 0 unspecified atom stereocenters. The number of piperazine rings is 1. The zero-order valence-electron chi connectivity index (χ0n) is 22.6. The van der Waals surface area contributed by atoms with Gasteiger partial charge in [0.2, 0.25) is 0 Å². The SMILES string of the molecule is CCCCn1c(-c2ccc(Oc3ccc4ccccc4c3)cc2)nc2ccc(OCCN3CCNCC3)cc21. The van der Waals surface area contributed by atoms with Crippen molar-refractivity contribution in [1.29, 1.82) is 0 Å². The molecule has 4 aromatic carbocycles. The van der Waals surface area contributed by atoms with E-state index < -0.39 is 0 Å². The largest absolute Gasteiger partial charge is 0.492 e. The highest BCUT2D eigenvalue weighted by atomic mass is 16.5. The van der Waals surface area contributed by atoms with Gasteiger partial charge in [-0.1, -0.05) is 43.7 Å². The lowest BCUT2D eigenvalue weighted by Gasteiger charge is -2.26. The Labute approximate surface area is 230 Å². The van der Waals surface area contributed by atoms with Crippen molar-refractivity contribution in [2.45, 2.75) is 26.3 Å². The van der Waals surface area contributed by atoms with E-state index >= 15 is 0 Å². The fourth-order valence-corrected chi connectivity index (χ4v) is 5.22. The highest BCUT2D eigenvalue weighted by Crippen LogP contribution is 2.31. The van der Waals surface area contributed by atoms with Gasteiger partial charge < -0.3 is 19.4 Å². The van der Waals surface area contributed by atoms with Crippen LogP contribution in [-0.2, 0) is 6.54 Å². The Kier molecular flexibility index (Phi) is 7.75. The first-order chi connectivity index (χ1) is 19.3. The molecule has 2 heterocycles. The van der Waals surface area contributed by atoms with Gasteiger partial charge in [-0.15, -0.1) is 0 Å². The van der Waals surface area contributed by atoms with Gasteiger partial charge in [0.15, 0.2) is 0 Å². The first kappa shape index (κ1) is 25.4.